The van der Waals surface area contributed by atoms with Crippen molar-refractivity contribution in [2.75, 3.05) is 5.33 Å². The first-order valence-corrected chi connectivity index (χ1v) is 3.49. The lowest BCUT2D eigenvalue weighted by molar-refractivity contribution is -0.777. The largest absolute Gasteiger partial charge is 0.307 e. The van der Waals surface area contributed by atoms with Gasteiger partial charge in [-0.3, -0.25) is 0 Å². The molecule has 0 radical (unpaired) electrons. The minimum Gasteiger partial charge on any atom is -0.307 e. The van der Waals surface area contributed by atoms with Crippen LogP contribution in [0, 0.1) is 10.1 Å². The molecule has 9 heavy (non-hydrogen) atoms. The van der Waals surface area contributed by atoms with E-state index in [2.05, 4.69) is 20.8 Å². The molecular formula is C4H8BrNO3. The number of alkyl halides is 1. The van der Waals surface area contributed by atoms with Gasteiger partial charge in [0.15, 0.2) is 0 Å². The third-order valence-corrected chi connectivity index (χ3v) is 1.99. The van der Waals surface area contributed by atoms with Crippen molar-refractivity contribution in [1.82, 2.24) is 0 Å². The Balaban J connectivity index is 3.71. The lowest BCUT2D eigenvalue weighted by Gasteiger charge is -2.17. The van der Waals surface area contributed by atoms with E-state index in [9.17, 15) is 10.1 Å². The highest BCUT2D eigenvalue weighted by Gasteiger charge is 2.20. The highest BCUT2D eigenvalue weighted by Crippen LogP contribution is 2.11. The van der Waals surface area contributed by atoms with Gasteiger partial charge in [-0.1, -0.05) is 15.9 Å². The molecule has 0 unspecified atom stereocenters. The molecule has 0 N–H and O–H groups in total. The minimum absolute atomic E-state index is 0.445. The predicted molar refractivity (Wildman–Crippen MR) is 36.0 cm³/mol. The Kier molecular flexibility index (Phi) is 2.90. The van der Waals surface area contributed by atoms with E-state index in [-0.39, 0.29) is 0 Å². The van der Waals surface area contributed by atoms with Gasteiger partial charge in [0.05, 0.1) is 0 Å². The normalized spacial score (nSPS) is 11.0. The third-order valence-electron chi connectivity index (χ3n) is 0.643. The SMILES string of the molecule is CC(C)(CBr)O[N+](=O)[O-]. The van der Waals surface area contributed by atoms with E-state index in [0.29, 0.717) is 5.33 Å². The summed E-state index contributed by atoms with van der Waals surface area (Å²) in [6, 6.07) is 0. The lowest BCUT2D eigenvalue weighted by Crippen LogP contribution is -2.28. The van der Waals surface area contributed by atoms with Gasteiger partial charge in [0.2, 0.25) is 0 Å². The van der Waals surface area contributed by atoms with Crippen LogP contribution < -0.4 is 0 Å². The highest BCUT2D eigenvalue weighted by atomic mass is 79.9. The van der Waals surface area contributed by atoms with E-state index in [0.717, 1.165) is 0 Å². The maximum atomic E-state index is 9.74. The molecule has 0 aromatic carbocycles. The molecule has 0 spiro atoms. The standard InChI is InChI=1S/C4H8BrNO3/c1-4(2,3-5)9-6(7)8/h3H2,1-2H3. The Hall–Kier alpha value is -0.320. The fourth-order valence-electron chi connectivity index (χ4n) is 0.226. The fraction of sp³-hybridized carbons (Fsp3) is 1.00. The molecule has 0 fully saturated rings. The van der Waals surface area contributed by atoms with Crippen LogP contribution in [0.2, 0.25) is 0 Å². The smallest absolute Gasteiger partial charge is 0.295 e. The Bertz CT molecular complexity index is 114. The second-order valence-corrected chi connectivity index (χ2v) is 2.77. The zero-order chi connectivity index (χ0) is 7.49. The van der Waals surface area contributed by atoms with Crippen LogP contribution in [-0.4, -0.2) is 16.0 Å². The zero-order valence-corrected chi connectivity index (χ0v) is 6.84. The van der Waals surface area contributed by atoms with Crippen LogP contribution in [0.1, 0.15) is 13.8 Å². The summed E-state index contributed by atoms with van der Waals surface area (Å²) >= 11 is 3.07. The quantitative estimate of drug-likeness (QED) is 0.391. The van der Waals surface area contributed by atoms with Gasteiger partial charge in [0, 0.05) is 5.33 Å². The highest BCUT2D eigenvalue weighted by molar-refractivity contribution is 9.09. The summed E-state index contributed by atoms with van der Waals surface area (Å²) in [6.45, 7) is 3.26. The number of halogens is 1. The molecule has 0 saturated carbocycles. The third kappa shape index (κ3) is 4.20. The van der Waals surface area contributed by atoms with Gasteiger partial charge in [-0.05, 0) is 13.8 Å². The molecule has 0 saturated heterocycles. The van der Waals surface area contributed by atoms with Crippen molar-refractivity contribution in [2.45, 2.75) is 19.4 Å². The lowest BCUT2D eigenvalue weighted by atomic mass is 10.2. The Morgan fingerprint density at radius 3 is 2.33 bits per heavy atom. The molecule has 0 bridgehead atoms. The minimum atomic E-state index is -0.790. The molecule has 0 atom stereocenters. The number of hydrogen-bond donors (Lipinski definition) is 0. The Morgan fingerprint density at radius 2 is 2.22 bits per heavy atom. The van der Waals surface area contributed by atoms with E-state index in [1.165, 1.54) is 0 Å². The van der Waals surface area contributed by atoms with Crippen LogP contribution in [0.3, 0.4) is 0 Å². The van der Waals surface area contributed by atoms with Gasteiger partial charge in [0.1, 0.15) is 5.60 Å². The zero-order valence-electron chi connectivity index (χ0n) is 5.26. The van der Waals surface area contributed by atoms with Crippen LogP contribution in [0.15, 0.2) is 0 Å². The van der Waals surface area contributed by atoms with Gasteiger partial charge in [-0.25, -0.2) is 0 Å². The number of rotatable bonds is 3. The molecule has 0 aliphatic carbocycles. The molecular weight excluding hydrogens is 190 g/mol. The summed E-state index contributed by atoms with van der Waals surface area (Å²) in [4.78, 5) is 14.0. The van der Waals surface area contributed by atoms with Crippen LogP contribution in [0.5, 0.6) is 0 Å². The number of hydrogen-bond acceptors (Lipinski definition) is 3. The molecule has 0 aromatic rings. The summed E-state index contributed by atoms with van der Waals surface area (Å²) in [6.07, 6.45) is 0. The maximum absolute atomic E-state index is 9.74. The Morgan fingerprint density at radius 1 is 1.78 bits per heavy atom. The molecule has 0 heterocycles. The summed E-state index contributed by atoms with van der Waals surface area (Å²) in [5, 5.41) is 9.39. The van der Waals surface area contributed by atoms with Gasteiger partial charge in [-0.2, -0.15) is 0 Å². The Labute approximate surface area is 61.4 Å². The van der Waals surface area contributed by atoms with Crippen molar-refractivity contribution in [3.05, 3.63) is 10.1 Å². The van der Waals surface area contributed by atoms with Crippen molar-refractivity contribution >= 4 is 15.9 Å². The fourth-order valence-corrected chi connectivity index (χ4v) is 0.329. The van der Waals surface area contributed by atoms with E-state index in [1.54, 1.807) is 13.8 Å². The molecule has 0 aliphatic rings. The average molecular weight is 198 g/mol. The topological polar surface area (TPSA) is 52.4 Å². The first-order chi connectivity index (χ1) is 3.98. The maximum Gasteiger partial charge on any atom is 0.295 e. The summed E-state index contributed by atoms with van der Waals surface area (Å²) < 4.78 is 0. The van der Waals surface area contributed by atoms with E-state index >= 15 is 0 Å². The summed E-state index contributed by atoms with van der Waals surface area (Å²) in [5.41, 5.74) is -0.719. The molecule has 54 valence electrons. The van der Waals surface area contributed by atoms with E-state index in [4.69, 9.17) is 0 Å². The van der Waals surface area contributed by atoms with Gasteiger partial charge in [-0.15, -0.1) is 10.1 Å². The van der Waals surface area contributed by atoms with Crippen LogP contribution in [-0.2, 0) is 4.84 Å². The molecule has 0 rings (SSSR count). The van der Waals surface area contributed by atoms with Crippen LogP contribution in [0.4, 0.5) is 0 Å². The van der Waals surface area contributed by atoms with Crippen molar-refractivity contribution < 1.29 is 9.92 Å². The van der Waals surface area contributed by atoms with Crippen molar-refractivity contribution in [3.8, 4) is 0 Å². The first kappa shape index (κ1) is 8.68. The molecule has 4 nitrogen and oxygen atoms in total. The summed E-state index contributed by atoms with van der Waals surface area (Å²) in [5.74, 6) is 0. The van der Waals surface area contributed by atoms with Gasteiger partial charge >= 0.3 is 0 Å². The molecule has 0 aliphatic heterocycles. The average Bonchev–Trinajstić information content (AvgIpc) is 1.63. The summed E-state index contributed by atoms with van der Waals surface area (Å²) in [7, 11) is 0. The van der Waals surface area contributed by atoms with Crippen molar-refractivity contribution in [3.63, 3.8) is 0 Å². The number of nitrogens with zero attached hydrogens (tertiary/aromatic N) is 1. The first-order valence-electron chi connectivity index (χ1n) is 2.37. The molecule has 0 amide bonds. The van der Waals surface area contributed by atoms with Crippen LogP contribution >= 0.6 is 15.9 Å². The van der Waals surface area contributed by atoms with Crippen molar-refractivity contribution in [1.29, 1.82) is 0 Å². The second kappa shape index (κ2) is 3.00. The van der Waals surface area contributed by atoms with Gasteiger partial charge in [0.25, 0.3) is 5.09 Å². The molecule has 5 heteroatoms. The predicted octanol–water partition coefficient (Wildman–Crippen LogP) is 1.37. The van der Waals surface area contributed by atoms with E-state index < -0.39 is 10.7 Å². The molecule has 0 aromatic heterocycles. The van der Waals surface area contributed by atoms with E-state index in [1.807, 2.05) is 0 Å². The van der Waals surface area contributed by atoms with Crippen molar-refractivity contribution in [2.24, 2.45) is 0 Å². The van der Waals surface area contributed by atoms with Gasteiger partial charge < -0.3 is 4.84 Å². The second-order valence-electron chi connectivity index (χ2n) is 2.21. The monoisotopic (exact) mass is 197 g/mol. The van der Waals surface area contributed by atoms with Crippen LogP contribution in [0.25, 0.3) is 0 Å².